The van der Waals surface area contributed by atoms with Gasteiger partial charge >= 0.3 is 5.97 Å². The first-order valence-corrected chi connectivity index (χ1v) is 10.5. The molecular weight excluding hydrogens is 406 g/mol. The van der Waals surface area contributed by atoms with Crippen LogP contribution in [0.25, 0.3) is 0 Å². The number of ether oxygens (including phenoxy) is 1. The molecule has 1 amide bonds. The second kappa shape index (κ2) is 10.1. The highest BCUT2D eigenvalue weighted by Gasteiger charge is 2.10. The van der Waals surface area contributed by atoms with Gasteiger partial charge in [-0.25, -0.2) is 4.79 Å². The number of nitrogens with one attached hydrogen (secondary N) is 1. The Morgan fingerprint density at radius 2 is 1.69 bits per heavy atom. The van der Waals surface area contributed by atoms with Gasteiger partial charge in [0, 0.05) is 26.9 Å². The van der Waals surface area contributed by atoms with Crippen molar-refractivity contribution in [1.82, 2.24) is 0 Å². The number of esters is 1. The fraction of sp³-hybridized carbons (Fsp3) is 0.130. The SMILES string of the molecule is CCOC(=O)c1cccc(NC(=O)c2ccc(CSc3ccc(Cl)cc3)cc2)c1. The number of carbonyl (C=O) groups is 2. The summed E-state index contributed by atoms with van der Waals surface area (Å²) in [5.74, 6) is 0.152. The van der Waals surface area contributed by atoms with Gasteiger partial charge in [0.05, 0.1) is 12.2 Å². The molecule has 0 saturated heterocycles. The zero-order valence-corrected chi connectivity index (χ0v) is 17.4. The summed E-state index contributed by atoms with van der Waals surface area (Å²) in [6.07, 6.45) is 0. The van der Waals surface area contributed by atoms with E-state index < -0.39 is 5.97 Å². The van der Waals surface area contributed by atoms with Crippen LogP contribution in [0.2, 0.25) is 5.02 Å². The molecule has 0 saturated carbocycles. The molecule has 29 heavy (non-hydrogen) atoms. The molecule has 0 aliphatic carbocycles. The Hall–Kier alpha value is -2.76. The highest BCUT2D eigenvalue weighted by atomic mass is 35.5. The molecule has 0 bridgehead atoms. The van der Waals surface area contributed by atoms with Crippen LogP contribution in [-0.2, 0) is 10.5 Å². The molecule has 0 radical (unpaired) electrons. The van der Waals surface area contributed by atoms with E-state index in [1.165, 1.54) is 0 Å². The van der Waals surface area contributed by atoms with E-state index in [1.54, 1.807) is 55.1 Å². The van der Waals surface area contributed by atoms with Gasteiger partial charge in [-0.15, -0.1) is 11.8 Å². The Morgan fingerprint density at radius 3 is 2.38 bits per heavy atom. The smallest absolute Gasteiger partial charge is 0.338 e. The van der Waals surface area contributed by atoms with Gasteiger partial charge in [-0.2, -0.15) is 0 Å². The van der Waals surface area contributed by atoms with Gasteiger partial charge in [-0.05, 0) is 67.1 Å². The predicted molar refractivity (Wildman–Crippen MR) is 118 cm³/mol. The normalized spacial score (nSPS) is 10.4. The fourth-order valence-electron chi connectivity index (χ4n) is 2.59. The molecule has 6 heteroatoms. The van der Waals surface area contributed by atoms with Crippen molar-refractivity contribution in [2.24, 2.45) is 0 Å². The minimum atomic E-state index is -0.411. The van der Waals surface area contributed by atoms with Crippen LogP contribution in [0.1, 0.15) is 33.2 Å². The molecule has 1 N–H and O–H groups in total. The highest BCUT2D eigenvalue weighted by Crippen LogP contribution is 2.24. The number of benzene rings is 3. The highest BCUT2D eigenvalue weighted by molar-refractivity contribution is 7.98. The van der Waals surface area contributed by atoms with Crippen LogP contribution in [0.5, 0.6) is 0 Å². The van der Waals surface area contributed by atoms with Crippen molar-refractivity contribution in [2.45, 2.75) is 17.6 Å². The quantitative estimate of drug-likeness (QED) is 0.369. The molecule has 0 spiro atoms. The number of carbonyl (C=O) groups excluding carboxylic acids is 2. The van der Waals surface area contributed by atoms with Gasteiger partial charge in [0.15, 0.2) is 0 Å². The summed E-state index contributed by atoms with van der Waals surface area (Å²) in [5, 5.41) is 3.53. The zero-order chi connectivity index (χ0) is 20.6. The van der Waals surface area contributed by atoms with E-state index in [1.807, 2.05) is 36.4 Å². The first-order valence-electron chi connectivity index (χ1n) is 9.11. The third-order valence-corrected chi connectivity index (χ3v) is 5.40. The second-order valence-corrected chi connectivity index (χ2v) is 7.68. The molecule has 3 aromatic rings. The summed E-state index contributed by atoms with van der Waals surface area (Å²) in [7, 11) is 0. The lowest BCUT2D eigenvalue weighted by Crippen LogP contribution is -2.12. The Labute approximate surface area is 179 Å². The van der Waals surface area contributed by atoms with E-state index in [0.717, 1.165) is 21.2 Å². The van der Waals surface area contributed by atoms with Crippen molar-refractivity contribution in [3.63, 3.8) is 0 Å². The number of rotatable bonds is 7. The largest absolute Gasteiger partial charge is 0.462 e. The molecule has 0 atom stereocenters. The van der Waals surface area contributed by atoms with Crippen molar-refractivity contribution in [3.8, 4) is 0 Å². The van der Waals surface area contributed by atoms with Crippen molar-refractivity contribution in [2.75, 3.05) is 11.9 Å². The van der Waals surface area contributed by atoms with E-state index in [4.69, 9.17) is 16.3 Å². The maximum Gasteiger partial charge on any atom is 0.338 e. The van der Waals surface area contributed by atoms with Crippen LogP contribution in [-0.4, -0.2) is 18.5 Å². The van der Waals surface area contributed by atoms with E-state index >= 15 is 0 Å². The Bertz CT molecular complexity index is 988. The minimum absolute atomic E-state index is 0.233. The number of thioether (sulfide) groups is 1. The van der Waals surface area contributed by atoms with Crippen LogP contribution in [0.15, 0.2) is 77.7 Å². The first kappa shape index (κ1) is 21.0. The summed E-state index contributed by atoms with van der Waals surface area (Å²) < 4.78 is 4.99. The van der Waals surface area contributed by atoms with Gasteiger partial charge in [-0.3, -0.25) is 4.79 Å². The van der Waals surface area contributed by atoms with Crippen molar-refractivity contribution in [3.05, 3.63) is 94.5 Å². The molecule has 0 fully saturated rings. The molecule has 0 unspecified atom stereocenters. The van der Waals surface area contributed by atoms with Crippen LogP contribution in [0.3, 0.4) is 0 Å². The lowest BCUT2D eigenvalue weighted by atomic mass is 10.1. The Morgan fingerprint density at radius 1 is 0.966 bits per heavy atom. The van der Waals surface area contributed by atoms with Gasteiger partial charge in [-0.1, -0.05) is 29.8 Å². The summed E-state index contributed by atoms with van der Waals surface area (Å²) in [6, 6.07) is 21.9. The van der Waals surface area contributed by atoms with E-state index in [0.29, 0.717) is 23.4 Å². The van der Waals surface area contributed by atoms with Crippen molar-refractivity contribution < 1.29 is 14.3 Å². The maximum absolute atomic E-state index is 12.5. The van der Waals surface area contributed by atoms with E-state index in [9.17, 15) is 9.59 Å². The van der Waals surface area contributed by atoms with Crippen molar-refractivity contribution in [1.29, 1.82) is 0 Å². The number of anilines is 1. The Kier molecular flexibility index (Phi) is 7.33. The average molecular weight is 426 g/mol. The first-order chi connectivity index (χ1) is 14.0. The molecular formula is C23H20ClNO3S. The standard InChI is InChI=1S/C23H20ClNO3S/c1-2-28-23(27)18-4-3-5-20(14-18)25-22(26)17-8-6-16(7-9-17)15-29-21-12-10-19(24)11-13-21/h3-14H,2,15H2,1H3,(H,25,26). The molecule has 0 heterocycles. The predicted octanol–water partition coefficient (Wildman–Crippen LogP) is 6.06. The molecule has 0 aromatic heterocycles. The average Bonchev–Trinajstić information content (AvgIpc) is 2.74. The Balaban J connectivity index is 1.59. The maximum atomic E-state index is 12.5. The minimum Gasteiger partial charge on any atom is -0.462 e. The molecule has 148 valence electrons. The molecule has 0 aliphatic rings. The molecule has 3 aromatic carbocycles. The number of hydrogen-bond donors (Lipinski definition) is 1. The van der Waals surface area contributed by atoms with Crippen LogP contribution < -0.4 is 5.32 Å². The lowest BCUT2D eigenvalue weighted by Gasteiger charge is -2.08. The summed E-state index contributed by atoms with van der Waals surface area (Å²) in [4.78, 5) is 25.5. The fourth-order valence-corrected chi connectivity index (χ4v) is 3.57. The zero-order valence-electron chi connectivity index (χ0n) is 15.9. The van der Waals surface area contributed by atoms with E-state index in [2.05, 4.69) is 5.32 Å². The van der Waals surface area contributed by atoms with Gasteiger partial charge in [0.1, 0.15) is 0 Å². The van der Waals surface area contributed by atoms with E-state index in [-0.39, 0.29) is 5.91 Å². The second-order valence-electron chi connectivity index (χ2n) is 6.19. The van der Waals surface area contributed by atoms with Gasteiger partial charge in [0.25, 0.3) is 5.91 Å². The van der Waals surface area contributed by atoms with Crippen molar-refractivity contribution >= 4 is 40.9 Å². The number of halogens is 1. The lowest BCUT2D eigenvalue weighted by molar-refractivity contribution is 0.0526. The van der Waals surface area contributed by atoms with Gasteiger partial charge in [0.2, 0.25) is 0 Å². The van der Waals surface area contributed by atoms with Gasteiger partial charge < -0.3 is 10.1 Å². The monoisotopic (exact) mass is 425 g/mol. The molecule has 0 aliphatic heterocycles. The molecule has 3 rings (SSSR count). The van der Waals surface area contributed by atoms with Crippen LogP contribution in [0, 0.1) is 0 Å². The topological polar surface area (TPSA) is 55.4 Å². The third-order valence-electron chi connectivity index (χ3n) is 4.07. The number of amides is 1. The van der Waals surface area contributed by atoms with Crippen LogP contribution in [0.4, 0.5) is 5.69 Å². The summed E-state index contributed by atoms with van der Waals surface area (Å²) in [5.41, 5.74) is 2.61. The summed E-state index contributed by atoms with van der Waals surface area (Å²) >= 11 is 7.61. The third kappa shape index (κ3) is 6.11. The summed E-state index contributed by atoms with van der Waals surface area (Å²) in [6.45, 7) is 2.05. The number of hydrogen-bond acceptors (Lipinski definition) is 4. The van der Waals surface area contributed by atoms with Crippen LogP contribution >= 0.6 is 23.4 Å². The molecule has 4 nitrogen and oxygen atoms in total.